The first kappa shape index (κ1) is 29.4. The summed E-state index contributed by atoms with van der Waals surface area (Å²) in [6.45, 7) is 7.46. The molecule has 13 nitrogen and oxygen atoms in total. The molecule has 44 heavy (non-hydrogen) atoms. The van der Waals surface area contributed by atoms with Crippen LogP contribution in [0.25, 0.3) is 22.6 Å². The van der Waals surface area contributed by atoms with E-state index >= 15 is 0 Å². The van der Waals surface area contributed by atoms with Crippen LogP contribution in [0.15, 0.2) is 55.0 Å². The predicted octanol–water partition coefficient (Wildman–Crippen LogP) is 5.12. The average Bonchev–Trinajstić information content (AvgIpc) is 3.72. The molecule has 2 atom stereocenters. The third-order valence-electron chi connectivity index (χ3n) is 7.58. The van der Waals surface area contributed by atoms with Crippen molar-refractivity contribution in [3.63, 3.8) is 0 Å². The van der Waals surface area contributed by atoms with Crippen LogP contribution in [-0.4, -0.2) is 76.9 Å². The summed E-state index contributed by atoms with van der Waals surface area (Å²) in [4.78, 5) is 36.4. The van der Waals surface area contributed by atoms with E-state index in [0.717, 1.165) is 43.4 Å². The number of aromatic nitrogens is 7. The second-order valence-electron chi connectivity index (χ2n) is 12.1. The van der Waals surface area contributed by atoms with Crippen LogP contribution < -0.4 is 5.32 Å². The maximum absolute atomic E-state index is 13.1. The summed E-state index contributed by atoms with van der Waals surface area (Å²) in [5, 5.41) is 15.9. The van der Waals surface area contributed by atoms with Gasteiger partial charge in [-0.25, -0.2) is 24.1 Å². The maximum Gasteiger partial charge on any atom is 0.410 e. The number of piperidine rings is 1. The van der Waals surface area contributed by atoms with Crippen molar-refractivity contribution in [2.45, 2.75) is 70.7 Å². The molecule has 6 heterocycles. The highest BCUT2D eigenvalue weighted by Gasteiger charge is 2.29. The van der Waals surface area contributed by atoms with Crippen LogP contribution in [0.1, 0.15) is 75.6 Å². The zero-order chi connectivity index (χ0) is 30.7. The van der Waals surface area contributed by atoms with Crippen molar-refractivity contribution < 1.29 is 19.1 Å². The molecule has 0 bridgehead atoms. The molecule has 2 fully saturated rings. The van der Waals surface area contributed by atoms with E-state index in [9.17, 15) is 9.59 Å². The van der Waals surface area contributed by atoms with Crippen LogP contribution in [0.5, 0.6) is 0 Å². The van der Waals surface area contributed by atoms with E-state index in [-0.39, 0.29) is 30.0 Å². The zero-order valence-electron chi connectivity index (χ0n) is 25.2. The summed E-state index contributed by atoms with van der Waals surface area (Å²) in [6.07, 6.45) is 9.54. The van der Waals surface area contributed by atoms with Gasteiger partial charge in [0.1, 0.15) is 22.8 Å². The number of hydrogen-bond donors (Lipinski definition) is 1. The Bertz CT molecular complexity index is 1600. The molecular weight excluding hydrogens is 562 g/mol. The Morgan fingerprint density at radius 1 is 1.05 bits per heavy atom. The van der Waals surface area contributed by atoms with Gasteiger partial charge < -0.3 is 19.7 Å². The molecule has 0 saturated carbocycles. The Morgan fingerprint density at radius 3 is 2.70 bits per heavy atom. The summed E-state index contributed by atoms with van der Waals surface area (Å²) in [6, 6.07) is 10.8. The minimum absolute atomic E-state index is 0.00105. The first-order chi connectivity index (χ1) is 21.2. The molecule has 4 aromatic heterocycles. The lowest BCUT2D eigenvalue weighted by atomic mass is 10.1. The van der Waals surface area contributed by atoms with E-state index in [4.69, 9.17) is 9.47 Å². The van der Waals surface area contributed by atoms with Gasteiger partial charge >= 0.3 is 6.09 Å². The molecule has 13 heteroatoms. The van der Waals surface area contributed by atoms with Crippen LogP contribution >= 0.6 is 0 Å². The minimum Gasteiger partial charge on any atom is -0.444 e. The van der Waals surface area contributed by atoms with Gasteiger partial charge in [-0.2, -0.15) is 5.10 Å². The van der Waals surface area contributed by atoms with E-state index in [2.05, 4.69) is 30.7 Å². The first-order valence-corrected chi connectivity index (χ1v) is 15.0. The number of carbonyl (C=O) groups is 2. The van der Waals surface area contributed by atoms with Crippen molar-refractivity contribution in [3.05, 3.63) is 60.7 Å². The fourth-order valence-corrected chi connectivity index (χ4v) is 5.42. The third-order valence-corrected chi connectivity index (χ3v) is 7.58. The average molecular weight is 600 g/mol. The minimum atomic E-state index is -0.543. The standard InChI is InChI=1S/C31H37N9O4/c1-31(2,3)44-30(42)38-16-7-8-22(19-38)39-20-25(36-37-39)21-12-13-27(32-18-21)35-29(41)24-10-6-9-23(34-24)26-14-15-33-40(26)28-11-4-5-17-43-28/h6,9-10,12-15,18,20,22,28H,4-5,7-8,11,16-17,19H2,1-3H3,(H,32,35,41)/t22-,28?/m0/s1. The molecule has 1 unspecified atom stereocenters. The second-order valence-corrected chi connectivity index (χ2v) is 12.1. The lowest BCUT2D eigenvalue weighted by Crippen LogP contribution is -2.43. The number of amides is 2. The van der Waals surface area contributed by atoms with Gasteiger partial charge in [0.15, 0.2) is 6.23 Å². The molecule has 0 aliphatic carbocycles. The number of rotatable bonds is 6. The number of nitrogens with one attached hydrogen (secondary N) is 1. The number of carbonyl (C=O) groups excluding carboxylic acids is 2. The Kier molecular flexibility index (Phi) is 8.38. The number of anilines is 1. The van der Waals surface area contributed by atoms with Gasteiger partial charge in [0.25, 0.3) is 5.91 Å². The van der Waals surface area contributed by atoms with Crippen molar-refractivity contribution >= 4 is 17.8 Å². The molecule has 6 rings (SSSR count). The largest absolute Gasteiger partial charge is 0.444 e. The van der Waals surface area contributed by atoms with E-state index < -0.39 is 5.60 Å². The van der Waals surface area contributed by atoms with E-state index in [1.54, 1.807) is 40.2 Å². The quantitative estimate of drug-likeness (QED) is 0.319. The highest BCUT2D eigenvalue weighted by Crippen LogP contribution is 2.28. The summed E-state index contributed by atoms with van der Waals surface area (Å²) in [7, 11) is 0. The lowest BCUT2D eigenvalue weighted by molar-refractivity contribution is -0.0384. The van der Waals surface area contributed by atoms with Gasteiger partial charge in [-0.15, -0.1) is 5.10 Å². The normalized spacial score (nSPS) is 19.0. The Morgan fingerprint density at radius 2 is 1.93 bits per heavy atom. The molecule has 0 radical (unpaired) electrons. The van der Waals surface area contributed by atoms with Gasteiger partial charge in [-0.1, -0.05) is 11.3 Å². The summed E-state index contributed by atoms with van der Waals surface area (Å²) in [5.74, 6) is 0.0177. The van der Waals surface area contributed by atoms with Crippen molar-refractivity contribution in [2.24, 2.45) is 0 Å². The van der Waals surface area contributed by atoms with Gasteiger partial charge in [0.2, 0.25) is 0 Å². The molecule has 0 spiro atoms. The molecule has 2 aliphatic heterocycles. The van der Waals surface area contributed by atoms with E-state index in [1.807, 2.05) is 49.8 Å². The van der Waals surface area contributed by atoms with Crippen LogP contribution in [0.2, 0.25) is 0 Å². The molecular formula is C31H37N9O4. The van der Waals surface area contributed by atoms with Crippen molar-refractivity contribution in [1.29, 1.82) is 0 Å². The Labute approximate surface area is 255 Å². The van der Waals surface area contributed by atoms with Crippen LogP contribution in [0, 0.1) is 0 Å². The number of hydrogen-bond acceptors (Lipinski definition) is 9. The summed E-state index contributed by atoms with van der Waals surface area (Å²) < 4.78 is 15.1. The smallest absolute Gasteiger partial charge is 0.410 e. The van der Waals surface area contributed by atoms with Crippen molar-refractivity contribution in [3.8, 4) is 22.6 Å². The second kappa shape index (κ2) is 12.5. The summed E-state index contributed by atoms with van der Waals surface area (Å²) >= 11 is 0. The number of likely N-dealkylation sites (tertiary alicyclic amines) is 1. The van der Waals surface area contributed by atoms with Gasteiger partial charge in [0.05, 0.1) is 23.6 Å². The van der Waals surface area contributed by atoms with E-state index in [0.29, 0.717) is 36.9 Å². The molecule has 2 amide bonds. The van der Waals surface area contributed by atoms with Crippen LogP contribution in [-0.2, 0) is 9.47 Å². The first-order valence-electron chi connectivity index (χ1n) is 15.0. The SMILES string of the molecule is CC(C)(C)OC(=O)N1CCC[C@H](n2cc(-c3ccc(NC(=O)c4cccc(-c5ccnn5C5CCCCO5)n4)nc3)nn2)C1. The van der Waals surface area contributed by atoms with E-state index in [1.165, 1.54) is 0 Å². The van der Waals surface area contributed by atoms with Crippen molar-refractivity contribution in [1.82, 2.24) is 39.6 Å². The Balaban J connectivity index is 1.09. The van der Waals surface area contributed by atoms with Crippen LogP contribution in [0.4, 0.5) is 10.6 Å². The fraction of sp³-hybridized carbons (Fsp3) is 0.452. The predicted molar refractivity (Wildman–Crippen MR) is 162 cm³/mol. The topological polar surface area (TPSA) is 142 Å². The number of ether oxygens (including phenoxy) is 2. The highest BCUT2D eigenvalue weighted by atomic mass is 16.6. The number of nitrogens with zero attached hydrogens (tertiary/aromatic N) is 8. The summed E-state index contributed by atoms with van der Waals surface area (Å²) in [5.41, 5.74) is 2.57. The van der Waals surface area contributed by atoms with Crippen LogP contribution in [0.3, 0.4) is 0 Å². The monoisotopic (exact) mass is 599 g/mol. The van der Waals surface area contributed by atoms with Gasteiger partial charge in [0, 0.05) is 37.7 Å². The zero-order valence-corrected chi connectivity index (χ0v) is 25.2. The van der Waals surface area contributed by atoms with Crippen molar-refractivity contribution in [2.75, 3.05) is 25.0 Å². The Hall–Kier alpha value is -4.65. The highest BCUT2D eigenvalue weighted by molar-refractivity contribution is 6.02. The van der Waals surface area contributed by atoms with Gasteiger partial charge in [-0.05, 0) is 83.2 Å². The molecule has 4 aromatic rings. The molecule has 1 N–H and O–H groups in total. The molecule has 230 valence electrons. The molecule has 0 aromatic carbocycles. The fourth-order valence-electron chi connectivity index (χ4n) is 5.42. The molecule has 2 saturated heterocycles. The molecule has 2 aliphatic rings. The van der Waals surface area contributed by atoms with Gasteiger partial charge in [-0.3, -0.25) is 4.79 Å². The lowest BCUT2D eigenvalue weighted by Gasteiger charge is -2.33. The number of pyridine rings is 2. The third kappa shape index (κ3) is 6.77. The maximum atomic E-state index is 13.1.